The molecule has 0 radical (unpaired) electrons. The first-order chi connectivity index (χ1) is 6.74. The molecule has 0 saturated heterocycles. The molecule has 1 rings (SSSR count). The predicted octanol–water partition coefficient (Wildman–Crippen LogP) is 1.32. The van der Waals surface area contributed by atoms with E-state index in [2.05, 4.69) is 10.5 Å². The van der Waals surface area contributed by atoms with Gasteiger partial charge in [-0.05, 0) is 19.1 Å². The summed E-state index contributed by atoms with van der Waals surface area (Å²) in [5.74, 6) is -0.319. The Bertz CT molecular complexity index is 390. The molecule has 0 spiro atoms. The van der Waals surface area contributed by atoms with Crippen molar-refractivity contribution >= 4 is 11.6 Å². The number of nitriles is 1. The van der Waals surface area contributed by atoms with Gasteiger partial charge in [-0.3, -0.25) is 4.79 Å². The average Bonchev–Trinajstić information content (AvgIpc) is 2.26. The van der Waals surface area contributed by atoms with Crippen LogP contribution in [0.3, 0.4) is 0 Å². The van der Waals surface area contributed by atoms with Gasteiger partial charge < -0.3 is 0 Å². The van der Waals surface area contributed by atoms with Crippen molar-refractivity contribution in [2.75, 3.05) is 0 Å². The third-order valence-corrected chi connectivity index (χ3v) is 1.52. The first-order valence-corrected chi connectivity index (χ1v) is 4.04. The molecule has 4 nitrogen and oxygen atoms in total. The van der Waals surface area contributed by atoms with Crippen LogP contribution in [-0.4, -0.2) is 11.6 Å². The van der Waals surface area contributed by atoms with Gasteiger partial charge in [0.2, 0.25) is 0 Å². The summed E-state index contributed by atoms with van der Waals surface area (Å²) < 4.78 is 0. The molecule has 4 heteroatoms. The number of amides is 1. The minimum atomic E-state index is -0.319. The Morgan fingerprint density at radius 2 is 2.07 bits per heavy atom. The molecule has 0 aromatic heterocycles. The fourth-order valence-electron chi connectivity index (χ4n) is 0.814. The summed E-state index contributed by atoms with van der Waals surface area (Å²) in [5.41, 5.74) is 3.01. The molecule has 0 heterocycles. The molecule has 0 fully saturated rings. The second-order valence-electron chi connectivity index (χ2n) is 2.62. The van der Waals surface area contributed by atoms with Gasteiger partial charge >= 0.3 is 0 Å². The van der Waals surface area contributed by atoms with Crippen molar-refractivity contribution in [2.45, 2.75) is 6.92 Å². The molecule has 1 N–H and O–H groups in total. The first kappa shape index (κ1) is 9.93. The highest BCUT2D eigenvalue weighted by Crippen LogP contribution is 1.97. The van der Waals surface area contributed by atoms with Gasteiger partial charge in [-0.2, -0.15) is 10.4 Å². The zero-order valence-electron chi connectivity index (χ0n) is 7.69. The van der Waals surface area contributed by atoms with E-state index in [1.165, 1.54) is 6.92 Å². The van der Waals surface area contributed by atoms with Crippen molar-refractivity contribution in [2.24, 2.45) is 5.10 Å². The fourth-order valence-corrected chi connectivity index (χ4v) is 0.814. The summed E-state index contributed by atoms with van der Waals surface area (Å²) in [6.07, 6.45) is 0. The van der Waals surface area contributed by atoms with E-state index in [0.717, 1.165) is 0 Å². The maximum absolute atomic E-state index is 11.3. The molecule has 0 aliphatic carbocycles. The SMILES string of the molecule is C/C(C#N)=N/NC(=O)c1ccccc1. The highest BCUT2D eigenvalue weighted by atomic mass is 16.2. The van der Waals surface area contributed by atoms with Crippen LogP contribution in [-0.2, 0) is 0 Å². The topological polar surface area (TPSA) is 65.2 Å². The van der Waals surface area contributed by atoms with Crippen LogP contribution in [0.1, 0.15) is 17.3 Å². The van der Waals surface area contributed by atoms with Crippen LogP contribution in [0.25, 0.3) is 0 Å². The Morgan fingerprint density at radius 1 is 1.43 bits per heavy atom. The van der Waals surface area contributed by atoms with Gasteiger partial charge in [0.1, 0.15) is 11.8 Å². The molecule has 0 aliphatic heterocycles. The maximum atomic E-state index is 11.3. The molecule has 14 heavy (non-hydrogen) atoms. The van der Waals surface area contributed by atoms with Crippen molar-refractivity contribution in [1.82, 2.24) is 5.43 Å². The van der Waals surface area contributed by atoms with Gasteiger partial charge in [-0.25, -0.2) is 5.43 Å². The van der Waals surface area contributed by atoms with E-state index < -0.39 is 0 Å². The van der Waals surface area contributed by atoms with E-state index in [9.17, 15) is 4.79 Å². The molecule has 0 aliphatic rings. The Kier molecular flexibility index (Phi) is 3.39. The maximum Gasteiger partial charge on any atom is 0.271 e. The Morgan fingerprint density at radius 3 is 2.64 bits per heavy atom. The smallest absolute Gasteiger partial charge is 0.267 e. The number of carbonyl (C=O) groups excluding carboxylic acids is 1. The number of rotatable bonds is 2. The number of nitrogens with one attached hydrogen (secondary N) is 1. The molecule has 1 aromatic carbocycles. The molecule has 0 atom stereocenters. The summed E-state index contributed by atoms with van der Waals surface area (Å²) in [6, 6.07) is 10.5. The molecule has 0 unspecified atom stereocenters. The predicted molar refractivity (Wildman–Crippen MR) is 52.6 cm³/mol. The van der Waals surface area contributed by atoms with E-state index >= 15 is 0 Å². The van der Waals surface area contributed by atoms with Crippen molar-refractivity contribution in [3.8, 4) is 6.07 Å². The molecule has 1 aromatic rings. The van der Waals surface area contributed by atoms with Crippen LogP contribution >= 0.6 is 0 Å². The second kappa shape index (κ2) is 4.77. The molecule has 70 valence electrons. The minimum Gasteiger partial charge on any atom is -0.267 e. The largest absolute Gasteiger partial charge is 0.271 e. The lowest BCUT2D eigenvalue weighted by Gasteiger charge is -1.98. The summed E-state index contributed by atoms with van der Waals surface area (Å²) in [4.78, 5) is 11.3. The Labute approximate surface area is 81.9 Å². The summed E-state index contributed by atoms with van der Waals surface area (Å²) >= 11 is 0. The van der Waals surface area contributed by atoms with Crippen molar-refractivity contribution < 1.29 is 4.79 Å². The molecular weight excluding hydrogens is 178 g/mol. The van der Waals surface area contributed by atoms with Gasteiger partial charge in [-0.1, -0.05) is 18.2 Å². The van der Waals surface area contributed by atoms with E-state index in [0.29, 0.717) is 5.56 Å². The van der Waals surface area contributed by atoms with Crippen LogP contribution in [0.4, 0.5) is 0 Å². The second-order valence-corrected chi connectivity index (χ2v) is 2.62. The third kappa shape index (κ3) is 2.72. The number of hydrogen-bond donors (Lipinski definition) is 1. The van der Waals surface area contributed by atoms with Crippen LogP contribution in [0.15, 0.2) is 35.4 Å². The minimum absolute atomic E-state index is 0.217. The van der Waals surface area contributed by atoms with Crippen LogP contribution < -0.4 is 5.43 Å². The lowest BCUT2D eigenvalue weighted by atomic mass is 10.2. The van der Waals surface area contributed by atoms with Crippen LogP contribution in [0.2, 0.25) is 0 Å². The molecule has 0 saturated carbocycles. The Balaban J connectivity index is 2.66. The standard InChI is InChI=1S/C10H9N3O/c1-8(7-11)12-13-10(14)9-5-3-2-4-6-9/h2-6H,1H3,(H,13,14)/b12-8-. The van der Waals surface area contributed by atoms with E-state index in [1.54, 1.807) is 24.3 Å². The summed E-state index contributed by atoms with van der Waals surface area (Å²) in [6.45, 7) is 1.52. The van der Waals surface area contributed by atoms with Crippen LogP contribution in [0.5, 0.6) is 0 Å². The highest BCUT2D eigenvalue weighted by molar-refractivity contribution is 5.99. The lowest BCUT2D eigenvalue weighted by molar-refractivity contribution is 0.0955. The normalized spacial score (nSPS) is 10.4. The highest BCUT2D eigenvalue weighted by Gasteiger charge is 2.01. The number of hydrogen-bond acceptors (Lipinski definition) is 3. The molecule has 0 bridgehead atoms. The van der Waals surface area contributed by atoms with E-state index in [1.807, 2.05) is 12.1 Å². The zero-order valence-corrected chi connectivity index (χ0v) is 7.69. The van der Waals surface area contributed by atoms with Crippen molar-refractivity contribution in [3.05, 3.63) is 35.9 Å². The Hall–Kier alpha value is -2.15. The summed E-state index contributed by atoms with van der Waals surface area (Å²) in [7, 11) is 0. The van der Waals surface area contributed by atoms with Gasteiger partial charge in [-0.15, -0.1) is 0 Å². The number of nitrogens with zero attached hydrogens (tertiary/aromatic N) is 2. The van der Waals surface area contributed by atoms with Gasteiger partial charge in [0.25, 0.3) is 5.91 Å². The van der Waals surface area contributed by atoms with Crippen LogP contribution in [0, 0.1) is 11.3 Å². The van der Waals surface area contributed by atoms with E-state index in [4.69, 9.17) is 5.26 Å². The number of carbonyl (C=O) groups is 1. The van der Waals surface area contributed by atoms with E-state index in [-0.39, 0.29) is 11.6 Å². The lowest BCUT2D eigenvalue weighted by Crippen LogP contribution is -2.18. The first-order valence-electron chi connectivity index (χ1n) is 4.04. The van der Waals surface area contributed by atoms with Gasteiger partial charge in [0.15, 0.2) is 0 Å². The number of benzene rings is 1. The average molecular weight is 187 g/mol. The van der Waals surface area contributed by atoms with Crippen molar-refractivity contribution in [1.29, 1.82) is 5.26 Å². The van der Waals surface area contributed by atoms with Crippen molar-refractivity contribution in [3.63, 3.8) is 0 Å². The fraction of sp³-hybridized carbons (Fsp3) is 0.100. The quantitative estimate of drug-likeness (QED) is 0.560. The summed E-state index contributed by atoms with van der Waals surface area (Å²) in [5, 5.41) is 12.0. The monoisotopic (exact) mass is 187 g/mol. The zero-order chi connectivity index (χ0) is 10.4. The van der Waals surface area contributed by atoms with Gasteiger partial charge in [0, 0.05) is 5.56 Å². The number of hydrazone groups is 1. The third-order valence-electron chi connectivity index (χ3n) is 1.52. The molecule has 1 amide bonds. The molecular formula is C10H9N3O. The van der Waals surface area contributed by atoms with Gasteiger partial charge in [0.05, 0.1) is 0 Å².